The Labute approximate surface area is 181 Å². The molecule has 0 aliphatic heterocycles. The molecule has 3 nitrogen and oxygen atoms in total. The van der Waals surface area contributed by atoms with Gasteiger partial charge in [0.05, 0.1) is 5.69 Å². The third kappa shape index (κ3) is 3.18. The van der Waals surface area contributed by atoms with Crippen molar-refractivity contribution >= 4 is 17.0 Å². The van der Waals surface area contributed by atoms with Crippen molar-refractivity contribution < 1.29 is 0 Å². The van der Waals surface area contributed by atoms with Gasteiger partial charge in [-0.3, -0.25) is 4.57 Å². The first-order valence-corrected chi connectivity index (χ1v) is 12.1. The summed E-state index contributed by atoms with van der Waals surface area (Å²) in [5, 5.41) is 12.0. The number of benzene rings is 2. The van der Waals surface area contributed by atoms with Crippen molar-refractivity contribution in [2.75, 3.05) is 0 Å². The third-order valence-corrected chi connectivity index (χ3v) is 8.11. The molecule has 0 unspecified atom stereocenters. The Kier molecular flexibility index (Phi) is 4.49. The average Bonchev–Trinajstić information content (AvgIpc) is 3.18. The third-order valence-electron chi connectivity index (χ3n) is 7.30. The molecule has 30 heavy (non-hydrogen) atoms. The Balaban J connectivity index is 1.45. The summed E-state index contributed by atoms with van der Waals surface area (Å²) in [6.07, 6.45) is 6.85. The largest absolute Gasteiger partial charge is 0.284 e. The van der Waals surface area contributed by atoms with Crippen LogP contribution in [0.4, 0.5) is 0 Å². The first kappa shape index (κ1) is 18.3. The van der Waals surface area contributed by atoms with Crippen LogP contribution in [0.15, 0.2) is 70.2 Å². The van der Waals surface area contributed by atoms with Crippen molar-refractivity contribution in [2.45, 2.75) is 39.0 Å². The fraction of sp³-hybridized carbons (Fsp3) is 0.385. The van der Waals surface area contributed by atoms with Gasteiger partial charge in [-0.15, -0.1) is 16.4 Å². The van der Waals surface area contributed by atoms with Crippen LogP contribution >= 0.6 is 11.3 Å². The fourth-order valence-corrected chi connectivity index (χ4v) is 6.92. The van der Waals surface area contributed by atoms with Crippen LogP contribution in [0.5, 0.6) is 0 Å². The summed E-state index contributed by atoms with van der Waals surface area (Å²) in [7, 11) is 0. The zero-order valence-electron chi connectivity index (χ0n) is 17.4. The Morgan fingerprint density at radius 3 is 2.13 bits per heavy atom. The lowest BCUT2D eigenvalue weighted by atomic mass is 9.55. The van der Waals surface area contributed by atoms with E-state index in [2.05, 4.69) is 71.5 Å². The van der Waals surface area contributed by atoms with Gasteiger partial charge in [0.1, 0.15) is 0 Å². The average molecular weight is 414 g/mol. The van der Waals surface area contributed by atoms with Crippen LogP contribution in [0, 0.1) is 30.6 Å². The van der Waals surface area contributed by atoms with Gasteiger partial charge in [0.25, 0.3) is 0 Å². The van der Waals surface area contributed by atoms with Crippen molar-refractivity contribution in [1.29, 1.82) is 0 Å². The predicted molar refractivity (Wildman–Crippen MR) is 124 cm³/mol. The summed E-state index contributed by atoms with van der Waals surface area (Å²) in [6, 6.07) is 19.3. The molecule has 4 aliphatic carbocycles. The minimum Gasteiger partial charge on any atom is -0.284 e. The minimum atomic E-state index is 0.687. The van der Waals surface area contributed by atoms with Crippen LogP contribution in [0.2, 0.25) is 0 Å². The Morgan fingerprint density at radius 1 is 0.800 bits per heavy atom. The van der Waals surface area contributed by atoms with Crippen LogP contribution in [-0.4, -0.2) is 10.3 Å². The van der Waals surface area contributed by atoms with Gasteiger partial charge in [0, 0.05) is 16.8 Å². The number of aryl methyl sites for hydroxylation is 1. The molecular weight excluding hydrogens is 386 g/mol. The maximum absolute atomic E-state index is 4.93. The second-order valence-electron chi connectivity index (χ2n) is 9.37. The van der Waals surface area contributed by atoms with Gasteiger partial charge in [-0.2, -0.15) is 5.10 Å². The van der Waals surface area contributed by atoms with Crippen LogP contribution in [-0.2, 0) is 0 Å². The molecule has 0 radical (unpaired) electrons. The summed E-state index contributed by atoms with van der Waals surface area (Å²) in [4.78, 5) is 0.957. The molecule has 4 fully saturated rings. The molecule has 4 bridgehead atoms. The highest BCUT2D eigenvalue weighted by molar-refractivity contribution is 7.07. The molecule has 0 spiro atoms. The highest BCUT2D eigenvalue weighted by atomic mass is 32.1. The van der Waals surface area contributed by atoms with Gasteiger partial charge in [0.15, 0.2) is 0 Å². The summed E-state index contributed by atoms with van der Waals surface area (Å²) >= 11 is 1.69. The number of thiazole rings is 1. The number of aromatic nitrogens is 1. The minimum absolute atomic E-state index is 0.687. The van der Waals surface area contributed by atoms with Gasteiger partial charge in [-0.05, 0) is 80.4 Å². The fourth-order valence-electron chi connectivity index (χ4n) is 6.06. The van der Waals surface area contributed by atoms with Gasteiger partial charge < -0.3 is 0 Å². The summed E-state index contributed by atoms with van der Waals surface area (Å²) < 4.78 is 2.26. The van der Waals surface area contributed by atoms with Crippen molar-refractivity contribution in [1.82, 2.24) is 4.57 Å². The van der Waals surface area contributed by atoms with Gasteiger partial charge >= 0.3 is 0 Å². The van der Waals surface area contributed by atoms with Gasteiger partial charge in [0.2, 0.25) is 4.80 Å². The van der Waals surface area contributed by atoms with E-state index in [1.165, 1.54) is 54.6 Å². The van der Waals surface area contributed by atoms with E-state index in [9.17, 15) is 0 Å². The van der Waals surface area contributed by atoms with Crippen LogP contribution in [0.1, 0.15) is 37.7 Å². The van der Waals surface area contributed by atoms with E-state index < -0.39 is 0 Å². The van der Waals surface area contributed by atoms with Crippen molar-refractivity contribution in [3.8, 4) is 16.9 Å². The molecule has 0 atom stereocenters. The molecular formula is C26H27N3S. The van der Waals surface area contributed by atoms with Gasteiger partial charge in [-0.25, -0.2) is 0 Å². The standard InChI is InChI=1S/C26H27N3S/c1-17-7-9-20(10-8-17)24-16-30-26(29(24)23-5-3-2-4-6-23)28-27-25-21-12-18-11-19(14-21)15-22(25)13-18/h2-10,16,18-19,21-22H,11-15H2,1H3/b27-25?,28-26+. The van der Waals surface area contributed by atoms with Gasteiger partial charge in [-0.1, -0.05) is 48.0 Å². The van der Waals surface area contributed by atoms with E-state index in [1.807, 2.05) is 0 Å². The number of para-hydroxylation sites is 1. The first-order chi connectivity index (χ1) is 14.7. The molecule has 2 aromatic carbocycles. The Bertz CT molecular complexity index is 1120. The maximum atomic E-state index is 4.93. The monoisotopic (exact) mass is 413 g/mol. The zero-order valence-corrected chi connectivity index (χ0v) is 18.2. The Hall–Kier alpha value is -2.46. The highest BCUT2D eigenvalue weighted by Crippen LogP contribution is 2.52. The molecule has 1 heterocycles. The number of hydrogen-bond acceptors (Lipinski definition) is 3. The molecule has 0 N–H and O–H groups in total. The molecule has 0 saturated heterocycles. The molecule has 3 aromatic rings. The topological polar surface area (TPSA) is 29.6 Å². The number of rotatable bonds is 3. The molecule has 7 rings (SSSR count). The molecule has 1 aromatic heterocycles. The van der Waals surface area contributed by atoms with E-state index >= 15 is 0 Å². The molecule has 4 aliphatic rings. The van der Waals surface area contributed by atoms with E-state index in [0.717, 1.165) is 22.3 Å². The predicted octanol–water partition coefficient (Wildman–Crippen LogP) is 6.23. The summed E-state index contributed by atoms with van der Waals surface area (Å²) in [5.41, 5.74) is 6.20. The quantitative estimate of drug-likeness (QED) is 0.456. The van der Waals surface area contributed by atoms with Crippen molar-refractivity contribution in [3.05, 3.63) is 70.3 Å². The molecule has 4 heteroatoms. The van der Waals surface area contributed by atoms with Crippen LogP contribution < -0.4 is 4.80 Å². The Morgan fingerprint density at radius 2 is 1.47 bits per heavy atom. The molecule has 4 saturated carbocycles. The number of hydrogen-bond donors (Lipinski definition) is 0. The SMILES string of the molecule is Cc1ccc(-c2cs/c(=N/N=C3C4CC5CC(C4)CC3C5)n2-c2ccccc2)cc1. The molecule has 152 valence electrons. The maximum Gasteiger partial charge on any atom is 0.215 e. The zero-order chi connectivity index (χ0) is 20.1. The second kappa shape index (κ2) is 7.35. The summed E-state index contributed by atoms with van der Waals surface area (Å²) in [5.74, 6) is 3.28. The first-order valence-electron chi connectivity index (χ1n) is 11.2. The lowest BCUT2D eigenvalue weighted by Crippen LogP contribution is -2.45. The van der Waals surface area contributed by atoms with E-state index in [-0.39, 0.29) is 0 Å². The second-order valence-corrected chi connectivity index (χ2v) is 10.2. The lowest BCUT2D eigenvalue weighted by molar-refractivity contribution is 0.108. The van der Waals surface area contributed by atoms with E-state index in [4.69, 9.17) is 10.2 Å². The normalized spacial score (nSPS) is 27.6. The van der Waals surface area contributed by atoms with E-state index in [0.29, 0.717) is 11.8 Å². The number of nitrogens with zero attached hydrogens (tertiary/aromatic N) is 3. The summed E-state index contributed by atoms with van der Waals surface area (Å²) in [6.45, 7) is 2.13. The van der Waals surface area contributed by atoms with E-state index in [1.54, 1.807) is 11.3 Å². The van der Waals surface area contributed by atoms with Crippen LogP contribution in [0.25, 0.3) is 16.9 Å². The smallest absolute Gasteiger partial charge is 0.215 e. The van der Waals surface area contributed by atoms with Crippen LogP contribution in [0.3, 0.4) is 0 Å². The lowest BCUT2D eigenvalue weighted by Gasteiger charge is -2.50. The van der Waals surface area contributed by atoms with Crippen molar-refractivity contribution in [2.24, 2.45) is 33.9 Å². The molecule has 0 amide bonds. The van der Waals surface area contributed by atoms with Crippen molar-refractivity contribution in [3.63, 3.8) is 0 Å². The highest BCUT2D eigenvalue weighted by Gasteiger charge is 2.46.